The lowest BCUT2D eigenvalue weighted by atomic mass is 10.2. The monoisotopic (exact) mass is 368 g/mol. The molecular weight excluding hydrogens is 344 g/mol. The Hall–Kier alpha value is -2.90. The minimum absolute atomic E-state index is 0.202. The van der Waals surface area contributed by atoms with Gasteiger partial charge in [-0.05, 0) is 30.3 Å². The molecule has 0 bridgehead atoms. The molecule has 0 unspecified atom stereocenters. The average molecular weight is 368 g/mol. The first-order valence-corrected chi connectivity index (χ1v) is 9.02. The van der Waals surface area contributed by atoms with Gasteiger partial charge < -0.3 is 20.4 Å². The summed E-state index contributed by atoms with van der Waals surface area (Å²) >= 11 is 0. The summed E-state index contributed by atoms with van der Waals surface area (Å²) in [7, 11) is 0. The van der Waals surface area contributed by atoms with Crippen LogP contribution in [0.3, 0.4) is 0 Å². The first kappa shape index (κ1) is 18.9. The van der Waals surface area contributed by atoms with Crippen LogP contribution in [0.15, 0.2) is 54.4 Å². The van der Waals surface area contributed by atoms with E-state index in [9.17, 15) is 9.59 Å². The van der Waals surface area contributed by atoms with Crippen LogP contribution in [0.2, 0.25) is 0 Å². The molecule has 1 aromatic carbocycles. The molecule has 0 spiro atoms. The largest absolute Gasteiger partial charge is 0.379 e. The zero-order valence-corrected chi connectivity index (χ0v) is 15.1. The molecule has 1 aromatic heterocycles. The zero-order chi connectivity index (χ0) is 18.9. The van der Waals surface area contributed by atoms with E-state index in [1.807, 2.05) is 18.2 Å². The molecular formula is C20H24N4O3. The van der Waals surface area contributed by atoms with E-state index in [1.54, 1.807) is 36.5 Å². The van der Waals surface area contributed by atoms with Crippen LogP contribution in [-0.4, -0.2) is 61.1 Å². The first-order chi connectivity index (χ1) is 13.2. The zero-order valence-electron chi connectivity index (χ0n) is 15.1. The van der Waals surface area contributed by atoms with Crippen LogP contribution < -0.4 is 10.6 Å². The van der Waals surface area contributed by atoms with Crippen molar-refractivity contribution in [2.24, 2.45) is 0 Å². The molecule has 1 fully saturated rings. The number of aromatic amines is 1. The second kappa shape index (κ2) is 9.70. The second-order valence-corrected chi connectivity index (χ2v) is 6.21. The number of rotatable bonds is 7. The van der Waals surface area contributed by atoms with Gasteiger partial charge in [-0.15, -0.1) is 0 Å². The Morgan fingerprint density at radius 2 is 1.89 bits per heavy atom. The molecule has 3 N–H and O–H groups in total. The number of H-pyrrole nitrogens is 1. The van der Waals surface area contributed by atoms with Crippen molar-refractivity contribution in [3.05, 3.63) is 65.6 Å². The average Bonchev–Trinajstić information content (AvgIpc) is 3.22. The number of aromatic nitrogens is 1. The van der Waals surface area contributed by atoms with Gasteiger partial charge in [0.15, 0.2) is 0 Å². The summed E-state index contributed by atoms with van der Waals surface area (Å²) in [6.07, 6.45) is 3.39. The third-order valence-electron chi connectivity index (χ3n) is 4.27. The van der Waals surface area contributed by atoms with Gasteiger partial charge in [0.2, 0.25) is 0 Å². The van der Waals surface area contributed by atoms with E-state index in [0.717, 1.165) is 38.5 Å². The predicted molar refractivity (Wildman–Crippen MR) is 103 cm³/mol. The van der Waals surface area contributed by atoms with Gasteiger partial charge in [0.25, 0.3) is 11.8 Å². The standard InChI is InChI=1S/C20H24N4O3/c25-19(16-5-2-1-3-6-16)23-18(15-17-7-4-8-21-17)20(26)22-9-10-24-11-13-27-14-12-24/h1-8,15,21H,9-14H2,(H,22,26)(H,23,25)/b18-15-. The van der Waals surface area contributed by atoms with E-state index in [2.05, 4.69) is 20.5 Å². The molecule has 0 saturated carbocycles. The number of carbonyl (C=O) groups excluding carboxylic acids is 2. The van der Waals surface area contributed by atoms with Gasteiger partial charge in [-0.3, -0.25) is 14.5 Å². The highest BCUT2D eigenvalue weighted by atomic mass is 16.5. The molecule has 27 heavy (non-hydrogen) atoms. The van der Waals surface area contributed by atoms with Crippen LogP contribution in [0.5, 0.6) is 0 Å². The molecule has 7 heteroatoms. The minimum Gasteiger partial charge on any atom is -0.379 e. The lowest BCUT2D eigenvalue weighted by molar-refractivity contribution is -0.117. The molecule has 1 saturated heterocycles. The number of hydrogen-bond donors (Lipinski definition) is 3. The minimum atomic E-state index is -0.322. The van der Waals surface area contributed by atoms with Crippen LogP contribution in [0.1, 0.15) is 16.1 Å². The summed E-state index contributed by atoms with van der Waals surface area (Å²) in [6, 6.07) is 12.5. The Kier molecular flexibility index (Phi) is 6.78. The molecule has 142 valence electrons. The topological polar surface area (TPSA) is 86.5 Å². The van der Waals surface area contributed by atoms with Gasteiger partial charge in [-0.25, -0.2) is 0 Å². The van der Waals surface area contributed by atoms with Crippen molar-refractivity contribution in [1.82, 2.24) is 20.5 Å². The number of morpholine rings is 1. The third-order valence-corrected chi connectivity index (χ3v) is 4.27. The van der Waals surface area contributed by atoms with Gasteiger partial charge in [0, 0.05) is 43.6 Å². The van der Waals surface area contributed by atoms with Gasteiger partial charge in [0.1, 0.15) is 5.70 Å². The number of amides is 2. The SMILES string of the molecule is O=C(NCCN1CCOCC1)/C(=C/c1ccc[nH]1)NC(=O)c1ccccc1. The van der Waals surface area contributed by atoms with Gasteiger partial charge >= 0.3 is 0 Å². The molecule has 7 nitrogen and oxygen atoms in total. The smallest absolute Gasteiger partial charge is 0.267 e. The summed E-state index contributed by atoms with van der Waals surface area (Å²) in [5, 5.41) is 5.60. The molecule has 1 aliphatic rings. The van der Waals surface area contributed by atoms with Gasteiger partial charge in [0.05, 0.1) is 13.2 Å². The van der Waals surface area contributed by atoms with Crippen molar-refractivity contribution in [3.63, 3.8) is 0 Å². The number of benzene rings is 1. The maximum Gasteiger partial charge on any atom is 0.267 e. The number of ether oxygens (including phenoxy) is 1. The Balaban J connectivity index is 1.62. The fraction of sp³-hybridized carbons (Fsp3) is 0.300. The highest BCUT2D eigenvalue weighted by Gasteiger charge is 2.15. The lowest BCUT2D eigenvalue weighted by Crippen LogP contribution is -2.42. The molecule has 0 radical (unpaired) electrons. The lowest BCUT2D eigenvalue weighted by Gasteiger charge is -2.26. The van der Waals surface area contributed by atoms with E-state index < -0.39 is 0 Å². The number of carbonyl (C=O) groups is 2. The van der Waals surface area contributed by atoms with Crippen molar-refractivity contribution < 1.29 is 14.3 Å². The predicted octanol–water partition coefficient (Wildman–Crippen LogP) is 1.23. The Bertz CT molecular complexity index is 766. The Labute approximate surface area is 158 Å². The molecule has 2 aromatic rings. The number of hydrogen-bond acceptors (Lipinski definition) is 4. The summed E-state index contributed by atoms with van der Waals surface area (Å²) < 4.78 is 5.32. The fourth-order valence-corrected chi connectivity index (χ4v) is 2.78. The summed E-state index contributed by atoms with van der Waals surface area (Å²) in [4.78, 5) is 30.3. The van der Waals surface area contributed by atoms with Crippen molar-refractivity contribution in [1.29, 1.82) is 0 Å². The maximum absolute atomic E-state index is 12.6. The maximum atomic E-state index is 12.6. The van der Waals surface area contributed by atoms with Crippen LogP contribution >= 0.6 is 0 Å². The van der Waals surface area contributed by atoms with E-state index in [4.69, 9.17) is 4.74 Å². The second-order valence-electron chi connectivity index (χ2n) is 6.21. The van der Waals surface area contributed by atoms with Crippen LogP contribution in [0, 0.1) is 0 Å². The molecule has 0 aliphatic carbocycles. The van der Waals surface area contributed by atoms with Crippen molar-refractivity contribution in [2.45, 2.75) is 0 Å². The van der Waals surface area contributed by atoms with Crippen molar-refractivity contribution in [2.75, 3.05) is 39.4 Å². The molecule has 1 aliphatic heterocycles. The molecule has 2 heterocycles. The molecule has 2 amide bonds. The molecule has 3 rings (SSSR count). The first-order valence-electron chi connectivity index (χ1n) is 9.02. The normalized spacial score (nSPS) is 15.3. The summed E-state index contributed by atoms with van der Waals surface area (Å²) in [5.41, 5.74) is 1.44. The highest BCUT2D eigenvalue weighted by molar-refractivity contribution is 6.05. The summed E-state index contributed by atoms with van der Waals surface area (Å²) in [5.74, 6) is -0.640. The van der Waals surface area contributed by atoms with Crippen molar-refractivity contribution >= 4 is 17.9 Å². The number of nitrogens with one attached hydrogen (secondary N) is 3. The summed E-state index contributed by atoms with van der Waals surface area (Å²) in [6.45, 7) is 4.43. The van der Waals surface area contributed by atoms with Crippen LogP contribution in [0.4, 0.5) is 0 Å². The van der Waals surface area contributed by atoms with Crippen LogP contribution in [0.25, 0.3) is 6.08 Å². The van der Waals surface area contributed by atoms with E-state index in [1.165, 1.54) is 0 Å². The van der Waals surface area contributed by atoms with Crippen molar-refractivity contribution in [3.8, 4) is 0 Å². The quantitative estimate of drug-likeness (QED) is 0.642. The Morgan fingerprint density at radius 1 is 1.11 bits per heavy atom. The van der Waals surface area contributed by atoms with Crippen LogP contribution in [-0.2, 0) is 9.53 Å². The van der Waals surface area contributed by atoms with E-state index in [-0.39, 0.29) is 17.5 Å². The van der Waals surface area contributed by atoms with Gasteiger partial charge in [-0.1, -0.05) is 18.2 Å². The van der Waals surface area contributed by atoms with E-state index >= 15 is 0 Å². The third kappa shape index (κ3) is 5.80. The molecule has 0 atom stereocenters. The van der Waals surface area contributed by atoms with E-state index in [0.29, 0.717) is 12.1 Å². The van der Waals surface area contributed by atoms with Gasteiger partial charge in [-0.2, -0.15) is 0 Å². The fourth-order valence-electron chi connectivity index (χ4n) is 2.78. The Morgan fingerprint density at radius 3 is 2.59 bits per heavy atom. The highest BCUT2D eigenvalue weighted by Crippen LogP contribution is 2.05. The number of nitrogens with zero attached hydrogens (tertiary/aromatic N) is 1.